The maximum atomic E-state index is 11.0. The number of hydrogen-bond acceptors (Lipinski definition) is 5. The zero-order valence-corrected chi connectivity index (χ0v) is 13.1. The zero-order chi connectivity index (χ0) is 16.2. The minimum atomic E-state index is -0.218. The lowest BCUT2D eigenvalue weighted by Crippen LogP contribution is -2.04. The first kappa shape index (κ1) is 14.9. The number of nitrogens with zero attached hydrogens (tertiary/aromatic N) is 3. The van der Waals surface area contributed by atoms with Crippen LogP contribution < -0.4 is 5.32 Å². The predicted octanol–water partition coefficient (Wildman–Crippen LogP) is 3.71. The van der Waals surface area contributed by atoms with E-state index in [1.165, 1.54) is 18.3 Å². The van der Waals surface area contributed by atoms with E-state index in [2.05, 4.69) is 21.6 Å². The molecule has 0 atom stereocenters. The molecule has 0 fully saturated rings. The molecular formula is C17H12N4OS. The Hall–Kier alpha value is -3.04. The van der Waals surface area contributed by atoms with Gasteiger partial charge in [0.25, 0.3) is 0 Å². The van der Waals surface area contributed by atoms with Crippen molar-refractivity contribution in [3.63, 3.8) is 0 Å². The van der Waals surface area contributed by atoms with Crippen molar-refractivity contribution >= 4 is 44.8 Å². The lowest BCUT2D eigenvalue weighted by molar-refractivity contribution is -0.114. The average Bonchev–Trinajstić information content (AvgIpc) is 3.00. The van der Waals surface area contributed by atoms with Crippen LogP contribution in [0.1, 0.15) is 17.5 Å². The van der Waals surface area contributed by atoms with Gasteiger partial charge in [-0.05, 0) is 22.4 Å². The van der Waals surface area contributed by atoms with Crippen molar-refractivity contribution in [3.05, 3.63) is 53.0 Å². The Morgan fingerprint density at radius 3 is 2.78 bits per heavy atom. The van der Waals surface area contributed by atoms with E-state index in [-0.39, 0.29) is 5.91 Å². The summed E-state index contributed by atoms with van der Waals surface area (Å²) >= 11 is 1.17. The summed E-state index contributed by atoms with van der Waals surface area (Å²) in [5.41, 5.74) is 1.35. The second kappa shape index (κ2) is 6.38. The molecule has 1 amide bonds. The van der Waals surface area contributed by atoms with Gasteiger partial charge in [0.05, 0.1) is 5.57 Å². The monoisotopic (exact) mass is 320 g/mol. The molecule has 0 saturated heterocycles. The summed E-state index contributed by atoms with van der Waals surface area (Å²) in [6, 6.07) is 16.1. The number of allylic oxidation sites excluding steroid dienone is 1. The third kappa shape index (κ3) is 3.25. The van der Waals surface area contributed by atoms with Crippen molar-refractivity contribution in [2.75, 3.05) is 5.32 Å². The van der Waals surface area contributed by atoms with E-state index in [0.29, 0.717) is 15.7 Å². The third-order valence-corrected chi connectivity index (χ3v) is 4.05. The molecule has 1 N–H and O–H groups in total. The maximum absolute atomic E-state index is 11.0. The Kier molecular flexibility index (Phi) is 4.13. The van der Waals surface area contributed by atoms with Crippen molar-refractivity contribution < 1.29 is 4.79 Å². The minimum absolute atomic E-state index is 0.218. The summed E-state index contributed by atoms with van der Waals surface area (Å²) in [6.45, 7) is 1.40. The van der Waals surface area contributed by atoms with Gasteiger partial charge in [-0.15, -0.1) is 10.2 Å². The molecule has 1 aromatic heterocycles. The second-order valence-electron chi connectivity index (χ2n) is 4.83. The number of nitrogens with one attached hydrogen (secondary N) is 1. The van der Waals surface area contributed by atoms with Crippen LogP contribution >= 0.6 is 11.3 Å². The lowest BCUT2D eigenvalue weighted by Gasteiger charge is -2.02. The molecule has 0 unspecified atom stereocenters. The number of fused-ring (bicyclic) bond motifs is 1. The van der Waals surface area contributed by atoms with Crippen LogP contribution in [0, 0.1) is 11.3 Å². The van der Waals surface area contributed by atoms with Crippen molar-refractivity contribution in [2.24, 2.45) is 0 Å². The molecule has 2 aromatic carbocycles. The molecule has 0 saturated carbocycles. The van der Waals surface area contributed by atoms with Gasteiger partial charge < -0.3 is 5.32 Å². The van der Waals surface area contributed by atoms with Crippen molar-refractivity contribution in [3.8, 4) is 6.07 Å². The molecule has 3 rings (SSSR count). The topological polar surface area (TPSA) is 78.7 Å². The molecule has 0 aliphatic carbocycles. The summed E-state index contributed by atoms with van der Waals surface area (Å²) in [5.74, 6) is -0.218. The first-order valence-corrected chi connectivity index (χ1v) is 7.70. The van der Waals surface area contributed by atoms with Crippen LogP contribution in [0.3, 0.4) is 0 Å². The summed E-state index contributed by atoms with van der Waals surface area (Å²) in [4.78, 5) is 11.0. The van der Waals surface area contributed by atoms with Crippen LogP contribution in [-0.2, 0) is 4.79 Å². The van der Waals surface area contributed by atoms with E-state index in [1.54, 1.807) is 6.08 Å². The fourth-order valence-electron chi connectivity index (χ4n) is 2.21. The van der Waals surface area contributed by atoms with E-state index in [0.717, 1.165) is 16.3 Å². The minimum Gasteiger partial charge on any atom is -0.301 e. The Balaban J connectivity index is 2.03. The fourth-order valence-corrected chi connectivity index (χ4v) is 2.96. The number of hydrogen-bond donors (Lipinski definition) is 1. The zero-order valence-electron chi connectivity index (χ0n) is 12.3. The van der Waals surface area contributed by atoms with Crippen LogP contribution in [0.25, 0.3) is 22.4 Å². The summed E-state index contributed by atoms with van der Waals surface area (Å²) in [5, 5.41) is 22.9. The van der Waals surface area contributed by atoms with Crippen molar-refractivity contribution in [2.45, 2.75) is 6.92 Å². The Morgan fingerprint density at radius 2 is 2.00 bits per heavy atom. The summed E-state index contributed by atoms with van der Waals surface area (Å²) in [6.07, 6.45) is 1.79. The van der Waals surface area contributed by atoms with E-state index in [4.69, 9.17) is 0 Å². The molecular weight excluding hydrogens is 308 g/mol. The van der Waals surface area contributed by atoms with Gasteiger partial charge in [0.15, 0.2) is 5.01 Å². The lowest BCUT2D eigenvalue weighted by atomic mass is 10.0. The van der Waals surface area contributed by atoms with Gasteiger partial charge in [0.1, 0.15) is 6.07 Å². The van der Waals surface area contributed by atoms with Gasteiger partial charge in [-0.25, -0.2) is 0 Å². The Morgan fingerprint density at radius 1 is 1.22 bits per heavy atom. The number of rotatable bonds is 3. The van der Waals surface area contributed by atoms with Gasteiger partial charge in [-0.2, -0.15) is 5.26 Å². The predicted molar refractivity (Wildman–Crippen MR) is 91.6 cm³/mol. The number of carbonyl (C=O) groups excluding carboxylic acids is 1. The van der Waals surface area contributed by atoms with Crippen LogP contribution in [0.4, 0.5) is 5.13 Å². The Bertz CT molecular complexity index is 947. The van der Waals surface area contributed by atoms with Crippen LogP contribution in [0.2, 0.25) is 0 Å². The number of nitriles is 1. The first-order valence-electron chi connectivity index (χ1n) is 6.88. The number of carbonyl (C=O) groups is 1. The summed E-state index contributed by atoms with van der Waals surface area (Å²) < 4.78 is 0. The van der Waals surface area contributed by atoms with E-state index >= 15 is 0 Å². The first-order chi connectivity index (χ1) is 11.2. The number of aromatic nitrogens is 2. The van der Waals surface area contributed by atoms with E-state index in [1.807, 2.05) is 42.5 Å². The molecule has 0 spiro atoms. The highest BCUT2D eigenvalue weighted by atomic mass is 32.1. The molecule has 112 valence electrons. The highest BCUT2D eigenvalue weighted by Crippen LogP contribution is 2.27. The SMILES string of the molecule is CC(=O)Nc1nnc(C(C#N)=Cc2cccc3ccccc23)s1. The van der Waals surface area contributed by atoms with Gasteiger partial charge in [0.2, 0.25) is 11.0 Å². The van der Waals surface area contributed by atoms with Gasteiger partial charge in [0, 0.05) is 6.92 Å². The van der Waals surface area contributed by atoms with Crippen molar-refractivity contribution in [1.29, 1.82) is 5.26 Å². The van der Waals surface area contributed by atoms with Gasteiger partial charge >= 0.3 is 0 Å². The molecule has 23 heavy (non-hydrogen) atoms. The molecule has 0 aliphatic heterocycles. The second-order valence-corrected chi connectivity index (χ2v) is 5.81. The number of amides is 1. The van der Waals surface area contributed by atoms with Crippen LogP contribution in [-0.4, -0.2) is 16.1 Å². The Labute approximate surface area is 136 Å². The molecule has 5 nitrogen and oxygen atoms in total. The molecule has 0 aliphatic rings. The van der Waals surface area contributed by atoms with E-state index in [9.17, 15) is 10.1 Å². The third-order valence-electron chi connectivity index (χ3n) is 3.18. The summed E-state index contributed by atoms with van der Waals surface area (Å²) in [7, 11) is 0. The number of anilines is 1. The highest BCUT2D eigenvalue weighted by molar-refractivity contribution is 7.16. The maximum Gasteiger partial charge on any atom is 0.223 e. The fraction of sp³-hybridized carbons (Fsp3) is 0.0588. The molecule has 0 radical (unpaired) electrons. The van der Waals surface area contributed by atoms with Crippen LogP contribution in [0.15, 0.2) is 42.5 Å². The molecule has 0 bridgehead atoms. The normalized spacial score (nSPS) is 11.2. The largest absolute Gasteiger partial charge is 0.301 e. The van der Waals surface area contributed by atoms with Crippen LogP contribution in [0.5, 0.6) is 0 Å². The van der Waals surface area contributed by atoms with E-state index < -0.39 is 0 Å². The molecule has 1 heterocycles. The van der Waals surface area contributed by atoms with Gasteiger partial charge in [-0.3, -0.25) is 4.79 Å². The van der Waals surface area contributed by atoms with Crippen molar-refractivity contribution in [1.82, 2.24) is 10.2 Å². The standard InChI is InChI=1S/C17H12N4OS/c1-11(22)19-17-21-20-16(23-17)14(10-18)9-13-7-4-6-12-5-2-3-8-15(12)13/h2-9H,1H3,(H,19,21,22). The smallest absolute Gasteiger partial charge is 0.223 e. The average molecular weight is 320 g/mol. The highest BCUT2D eigenvalue weighted by Gasteiger charge is 2.10. The van der Waals surface area contributed by atoms with Gasteiger partial charge in [-0.1, -0.05) is 53.8 Å². The quantitative estimate of drug-likeness (QED) is 0.746. The molecule has 3 aromatic rings. The molecule has 6 heteroatoms. The number of benzene rings is 2.